The van der Waals surface area contributed by atoms with E-state index in [4.69, 9.17) is 5.11 Å². The van der Waals surface area contributed by atoms with Gasteiger partial charge in [0.2, 0.25) is 0 Å². The molecule has 0 saturated heterocycles. The zero-order chi connectivity index (χ0) is 12.4. The highest BCUT2D eigenvalue weighted by Gasteiger charge is 2.33. The van der Waals surface area contributed by atoms with Crippen LogP contribution in [0.5, 0.6) is 0 Å². The number of hydrogen-bond donors (Lipinski definition) is 2. The van der Waals surface area contributed by atoms with E-state index in [1.54, 1.807) is 0 Å². The molecule has 17 heavy (non-hydrogen) atoms. The minimum atomic E-state index is -1.26. The Morgan fingerprint density at radius 1 is 1.29 bits per heavy atom. The van der Waals surface area contributed by atoms with Gasteiger partial charge in [-0.15, -0.1) is 0 Å². The SMILES string of the molecule is O=C(O)C1=C(O)C(=O)N(Cc2ccccc2)C1. The third-order valence-electron chi connectivity index (χ3n) is 2.60. The van der Waals surface area contributed by atoms with Crippen LogP contribution in [0.1, 0.15) is 5.56 Å². The van der Waals surface area contributed by atoms with Crippen molar-refractivity contribution >= 4 is 11.9 Å². The first-order valence-electron chi connectivity index (χ1n) is 5.08. The molecule has 2 N–H and O–H groups in total. The zero-order valence-electron chi connectivity index (χ0n) is 8.96. The standard InChI is InChI=1S/C12H11NO4/c14-10-9(12(16)17)7-13(11(10)15)6-8-4-2-1-3-5-8/h1-5,14H,6-7H2,(H,16,17). The number of carboxylic acids is 1. The molecule has 0 aromatic heterocycles. The molecule has 1 amide bonds. The summed E-state index contributed by atoms with van der Waals surface area (Å²) in [5, 5.41) is 18.2. The summed E-state index contributed by atoms with van der Waals surface area (Å²) in [7, 11) is 0. The van der Waals surface area contributed by atoms with Crippen molar-refractivity contribution in [3.63, 3.8) is 0 Å². The number of nitrogens with zero attached hydrogens (tertiary/aromatic N) is 1. The number of aliphatic carboxylic acids is 1. The molecule has 1 aromatic rings. The van der Waals surface area contributed by atoms with Crippen molar-refractivity contribution in [3.8, 4) is 0 Å². The van der Waals surface area contributed by atoms with Crippen molar-refractivity contribution < 1.29 is 19.8 Å². The smallest absolute Gasteiger partial charge is 0.337 e. The van der Waals surface area contributed by atoms with Crippen molar-refractivity contribution in [1.82, 2.24) is 4.90 Å². The summed E-state index contributed by atoms with van der Waals surface area (Å²) in [5.74, 6) is -2.55. The number of carbonyl (C=O) groups is 2. The highest BCUT2D eigenvalue weighted by molar-refractivity contribution is 6.04. The fraction of sp³-hybridized carbons (Fsp3) is 0.167. The molecule has 0 saturated carbocycles. The normalized spacial score (nSPS) is 15.5. The number of aliphatic hydroxyl groups is 1. The van der Waals surface area contributed by atoms with Crippen molar-refractivity contribution in [1.29, 1.82) is 0 Å². The lowest BCUT2D eigenvalue weighted by molar-refractivity contribution is -0.133. The predicted molar refractivity (Wildman–Crippen MR) is 59.1 cm³/mol. The van der Waals surface area contributed by atoms with E-state index >= 15 is 0 Å². The maximum absolute atomic E-state index is 11.6. The van der Waals surface area contributed by atoms with E-state index in [1.165, 1.54) is 4.90 Å². The lowest BCUT2D eigenvalue weighted by Crippen LogP contribution is -2.27. The van der Waals surface area contributed by atoms with Gasteiger partial charge in [0, 0.05) is 6.54 Å². The fourth-order valence-corrected chi connectivity index (χ4v) is 1.72. The van der Waals surface area contributed by atoms with Crippen LogP contribution in [0.3, 0.4) is 0 Å². The van der Waals surface area contributed by atoms with Crippen LogP contribution in [0.15, 0.2) is 41.7 Å². The van der Waals surface area contributed by atoms with E-state index < -0.39 is 17.6 Å². The largest absolute Gasteiger partial charge is 0.503 e. The molecule has 0 fully saturated rings. The van der Waals surface area contributed by atoms with Gasteiger partial charge in [0.25, 0.3) is 5.91 Å². The van der Waals surface area contributed by atoms with Gasteiger partial charge in [-0.3, -0.25) is 4.79 Å². The topological polar surface area (TPSA) is 77.8 Å². The summed E-state index contributed by atoms with van der Waals surface area (Å²) in [6.45, 7) is 0.232. The van der Waals surface area contributed by atoms with Gasteiger partial charge in [0.05, 0.1) is 6.54 Å². The maximum Gasteiger partial charge on any atom is 0.337 e. The Morgan fingerprint density at radius 2 is 1.94 bits per heavy atom. The average molecular weight is 233 g/mol. The molecule has 0 atom stereocenters. The molecule has 5 nitrogen and oxygen atoms in total. The van der Waals surface area contributed by atoms with Crippen LogP contribution in [0.25, 0.3) is 0 Å². The van der Waals surface area contributed by atoms with Crippen LogP contribution in [-0.4, -0.2) is 33.5 Å². The van der Waals surface area contributed by atoms with Gasteiger partial charge in [-0.25, -0.2) is 4.79 Å². The maximum atomic E-state index is 11.6. The van der Waals surface area contributed by atoms with E-state index in [0.29, 0.717) is 6.54 Å². The van der Waals surface area contributed by atoms with E-state index in [9.17, 15) is 14.7 Å². The summed E-state index contributed by atoms with van der Waals surface area (Å²) in [4.78, 5) is 23.6. The Morgan fingerprint density at radius 3 is 2.47 bits per heavy atom. The molecule has 0 unspecified atom stereocenters. The summed E-state index contributed by atoms with van der Waals surface area (Å²) in [6, 6.07) is 9.20. The van der Waals surface area contributed by atoms with Gasteiger partial charge >= 0.3 is 5.97 Å². The Bertz CT molecular complexity index is 492. The van der Waals surface area contributed by atoms with Gasteiger partial charge in [-0.05, 0) is 5.56 Å². The highest BCUT2D eigenvalue weighted by Crippen LogP contribution is 2.19. The van der Waals surface area contributed by atoms with Gasteiger partial charge in [0.1, 0.15) is 5.57 Å². The molecule has 1 aliphatic heterocycles. The zero-order valence-corrected chi connectivity index (χ0v) is 8.96. The van der Waals surface area contributed by atoms with Gasteiger partial charge in [-0.2, -0.15) is 0 Å². The van der Waals surface area contributed by atoms with Crippen LogP contribution in [0, 0.1) is 0 Å². The molecule has 0 aliphatic carbocycles. The minimum absolute atomic E-state index is 0.0606. The molecule has 1 aliphatic rings. The van der Waals surface area contributed by atoms with Crippen LogP contribution in [0.4, 0.5) is 0 Å². The molecule has 0 radical (unpaired) electrons. The molecular formula is C12H11NO4. The number of carboxylic acid groups (broad SMARTS) is 1. The monoisotopic (exact) mass is 233 g/mol. The van der Waals surface area contributed by atoms with Crippen LogP contribution in [-0.2, 0) is 16.1 Å². The first-order valence-corrected chi connectivity index (χ1v) is 5.08. The van der Waals surface area contributed by atoms with Crippen molar-refractivity contribution in [2.75, 3.05) is 6.54 Å². The van der Waals surface area contributed by atoms with Crippen molar-refractivity contribution in [2.45, 2.75) is 6.54 Å². The Hall–Kier alpha value is -2.30. The van der Waals surface area contributed by atoms with Crippen LogP contribution >= 0.6 is 0 Å². The second kappa shape index (κ2) is 4.29. The number of aliphatic hydroxyl groups excluding tert-OH is 1. The van der Waals surface area contributed by atoms with Gasteiger partial charge in [-0.1, -0.05) is 30.3 Å². The summed E-state index contributed by atoms with van der Waals surface area (Å²) < 4.78 is 0. The third kappa shape index (κ3) is 2.13. The second-order valence-corrected chi connectivity index (χ2v) is 3.78. The molecule has 5 heteroatoms. The van der Waals surface area contributed by atoms with E-state index in [-0.39, 0.29) is 12.1 Å². The van der Waals surface area contributed by atoms with E-state index in [0.717, 1.165) is 5.56 Å². The lowest BCUT2D eigenvalue weighted by Gasteiger charge is -2.15. The van der Waals surface area contributed by atoms with Crippen LogP contribution < -0.4 is 0 Å². The minimum Gasteiger partial charge on any atom is -0.503 e. The number of amides is 1. The molecule has 1 aromatic carbocycles. The number of rotatable bonds is 3. The number of hydrogen-bond acceptors (Lipinski definition) is 3. The molecular weight excluding hydrogens is 222 g/mol. The predicted octanol–water partition coefficient (Wildman–Crippen LogP) is 0.925. The second-order valence-electron chi connectivity index (χ2n) is 3.78. The lowest BCUT2D eigenvalue weighted by atomic mass is 10.2. The van der Waals surface area contributed by atoms with Gasteiger partial charge in [0.15, 0.2) is 5.76 Å². The van der Waals surface area contributed by atoms with Crippen molar-refractivity contribution in [2.24, 2.45) is 0 Å². The quantitative estimate of drug-likeness (QED) is 0.814. The van der Waals surface area contributed by atoms with E-state index in [2.05, 4.69) is 0 Å². The first kappa shape index (κ1) is 11.2. The Balaban J connectivity index is 2.13. The summed E-state index contributed by atoms with van der Waals surface area (Å²) >= 11 is 0. The molecule has 88 valence electrons. The Labute approximate surface area is 97.6 Å². The summed E-state index contributed by atoms with van der Waals surface area (Å²) in [6.07, 6.45) is 0. The Kier molecular flexibility index (Phi) is 2.82. The van der Waals surface area contributed by atoms with Crippen molar-refractivity contribution in [3.05, 3.63) is 47.2 Å². The number of benzene rings is 1. The number of carbonyl (C=O) groups excluding carboxylic acids is 1. The highest BCUT2D eigenvalue weighted by atomic mass is 16.4. The molecule has 1 heterocycles. The van der Waals surface area contributed by atoms with Gasteiger partial charge < -0.3 is 15.1 Å². The van der Waals surface area contributed by atoms with Crippen LogP contribution in [0.2, 0.25) is 0 Å². The van der Waals surface area contributed by atoms with E-state index in [1.807, 2.05) is 30.3 Å². The first-order chi connectivity index (χ1) is 8.09. The summed E-state index contributed by atoms with van der Waals surface area (Å²) in [5.41, 5.74) is 0.645. The average Bonchev–Trinajstić information content (AvgIpc) is 2.59. The third-order valence-corrected chi connectivity index (χ3v) is 2.60. The molecule has 0 spiro atoms. The fourth-order valence-electron chi connectivity index (χ4n) is 1.72. The molecule has 0 bridgehead atoms. The molecule has 2 rings (SSSR count).